The third-order valence-corrected chi connectivity index (χ3v) is 3.26. The zero-order valence-corrected chi connectivity index (χ0v) is 11.5. The zero-order chi connectivity index (χ0) is 14.4. The highest BCUT2D eigenvalue weighted by Gasteiger charge is 2.10. The summed E-state index contributed by atoms with van der Waals surface area (Å²) in [4.78, 5) is 11.9. The average Bonchev–Trinajstić information content (AvgIpc) is 2.47. The van der Waals surface area contributed by atoms with Crippen LogP contribution in [0.25, 0.3) is 0 Å². The maximum Gasteiger partial charge on any atom is 0.220 e. The van der Waals surface area contributed by atoms with Gasteiger partial charge in [0.25, 0.3) is 0 Å². The SMILES string of the molecule is CC(NC(=O)CCc1ccccc1F)c1ccccc1. The van der Waals surface area contributed by atoms with Gasteiger partial charge in [0.1, 0.15) is 5.82 Å². The molecule has 0 heterocycles. The molecule has 2 nitrogen and oxygen atoms in total. The molecule has 0 aromatic heterocycles. The van der Waals surface area contributed by atoms with Gasteiger partial charge in [-0.1, -0.05) is 48.5 Å². The molecule has 1 amide bonds. The molecule has 1 N–H and O–H groups in total. The zero-order valence-electron chi connectivity index (χ0n) is 11.5. The van der Waals surface area contributed by atoms with Crippen LogP contribution in [0.1, 0.15) is 30.5 Å². The van der Waals surface area contributed by atoms with Gasteiger partial charge in [-0.15, -0.1) is 0 Å². The molecule has 0 aliphatic carbocycles. The third-order valence-electron chi connectivity index (χ3n) is 3.26. The fourth-order valence-corrected chi connectivity index (χ4v) is 2.09. The predicted octanol–water partition coefficient (Wildman–Crippen LogP) is 3.64. The van der Waals surface area contributed by atoms with E-state index in [0.29, 0.717) is 12.0 Å². The van der Waals surface area contributed by atoms with Crippen LogP contribution in [0.3, 0.4) is 0 Å². The second kappa shape index (κ2) is 6.85. The molecule has 0 saturated heterocycles. The first-order valence-electron chi connectivity index (χ1n) is 6.74. The lowest BCUT2D eigenvalue weighted by Crippen LogP contribution is -2.26. The Kier molecular flexibility index (Phi) is 4.88. The van der Waals surface area contributed by atoms with E-state index in [9.17, 15) is 9.18 Å². The van der Waals surface area contributed by atoms with Gasteiger partial charge < -0.3 is 5.32 Å². The van der Waals surface area contributed by atoms with E-state index < -0.39 is 0 Å². The van der Waals surface area contributed by atoms with Crippen molar-refractivity contribution in [3.05, 3.63) is 71.5 Å². The lowest BCUT2D eigenvalue weighted by Gasteiger charge is -2.14. The molecule has 1 atom stereocenters. The number of halogens is 1. The fraction of sp³-hybridized carbons (Fsp3) is 0.235. The van der Waals surface area contributed by atoms with E-state index in [-0.39, 0.29) is 24.2 Å². The molecule has 0 aliphatic heterocycles. The van der Waals surface area contributed by atoms with Crippen LogP contribution in [0.2, 0.25) is 0 Å². The molecule has 0 radical (unpaired) electrons. The highest BCUT2D eigenvalue weighted by molar-refractivity contribution is 5.76. The number of hydrogen-bond donors (Lipinski definition) is 1. The Morgan fingerprint density at radius 2 is 1.75 bits per heavy atom. The molecule has 2 aromatic carbocycles. The van der Waals surface area contributed by atoms with Crippen LogP contribution < -0.4 is 5.32 Å². The van der Waals surface area contributed by atoms with Crippen molar-refractivity contribution in [2.75, 3.05) is 0 Å². The summed E-state index contributed by atoms with van der Waals surface area (Å²) < 4.78 is 13.4. The molecule has 2 aromatic rings. The Hall–Kier alpha value is -2.16. The van der Waals surface area contributed by atoms with Crippen molar-refractivity contribution >= 4 is 5.91 Å². The molecule has 20 heavy (non-hydrogen) atoms. The predicted molar refractivity (Wildman–Crippen MR) is 77.7 cm³/mol. The highest BCUT2D eigenvalue weighted by Crippen LogP contribution is 2.12. The van der Waals surface area contributed by atoms with Crippen molar-refractivity contribution in [2.24, 2.45) is 0 Å². The molecule has 3 heteroatoms. The summed E-state index contributed by atoms with van der Waals surface area (Å²) in [5.41, 5.74) is 1.64. The first-order valence-corrected chi connectivity index (χ1v) is 6.74. The van der Waals surface area contributed by atoms with Crippen molar-refractivity contribution < 1.29 is 9.18 Å². The Bertz CT molecular complexity index is 568. The second-order valence-corrected chi connectivity index (χ2v) is 4.79. The monoisotopic (exact) mass is 271 g/mol. The molecule has 0 spiro atoms. The Morgan fingerprint density at radius 3 is 2.45 bits per heavy atom. The lowest BCUT2D eigenvalue weighted by atomic mass is 10.1. The molecule has 0 fully saturated rings. The van der Waals surface area contributed by atoms with Crippen LogP contribution in [0.5, 0.6) is 0 Å². The number of aryl methyl sites for hydroxylation is 1. The van der Waals surface area contributed by atoms with Gasteiger partial charge in [0, 0.05) is 6.42 Å². The maximum atomic E-state index is 13.4. The summed E-state index contributed by atoms with van der Waals surface area (Å²) >= 11 is 0. The smallest absolute Gasteiger partial charge is 0.220 e. The summed E-state index contributed by atoms with van der Waals surface area (Å²) in [6.45, 7) is 1.94. The maximum absolute atomic E-state index is 13.4. The summed E-state index contributed by atoms with van der Waals surface area (Å²) in [5.74, 6) is -0.319. The number of benzene rings is 2. The normalized spacial score (nSPS) is 11.9. The summed E-state index contributed by atoms with van der Waals surface area (Å²) in [6.07, 6.45) is 0.706. The van der Waals surface area contributed by atoms with E-state index in [1.807, 2.05) is 37.3 Å². The summed E-state index contributed by atoms with van der Waals surface area (Å²) in [6, 6.07) is 16.3. The van der Waals surface area contributed by atoms with Crippen molar-refractivity contribution in [3.8, 4) is 0 Å². The summed E-state index contributed by atoms with van der Waals surface area (Å²) in [7, 11) is 0. The van der Waals surface area contributed by atoms with Crippen LogP contribution in [-0.2, 0) is 11.2 Å². The fourth-order valence-electron chi connectivity index (χ4n) is 2.09. The topological polar surface area (TPSA) is 29.1 Å². The summed E-state index contributed by atoms with van der Waals surface area (Å²) in [5, 5.41) is 2.92. The van der Waals surface area contributed by atoms with Crippen molar-refractivity contribution in [2.45, 2.75) is 25.8 Å². The van der Waals surface area contributed by atoms with E-state index in [1.54, 1.807) is 18.2 Å². The van der Waals surface area contributed by atoms with Crippen LogP contribution >= 0.6 is 0 Å². The van der Waals surface area contributed by atoms with Crippen LogP contribution in [-0.4, -0.2) is 5.91 Å². The minimum absolute atomic E-state index is 0.0377. The number of hydrogen-bond acceptors (Lipinski definition) is 1. The van der Waals surface area contributed by atoms with Gasteiger partial charge in [-0.25, -0.2) is 4.39 Å². The molecule has 2 rings (SSSR count). The van der Waals surface area contributed by atoms with Gasteiger partial charge in [0.2, 0.25) is 5.91 Å². The largest absolute Gasteiger partial charge is 0.350 e. The molecular weight excluding hydrogens is 253 g/mol. The first kappa shape index (κ1) is 14.3. The molecular formula is C17H18FNO. The Balaban J connectivity index is 1.86. The second-order valence-electron chi connectivity index (χ2n) is 4.79. The number of rotatable bonds is 5. The van der Waals surface area contributed by atoms with Gasteiger partial charge in [-0.2, -0.15) is 0 Å². The van der Waals surface area contributed by atoms with Crippen LogP contribution in [0.15, 0.2) is 54.6 Å². The van der Waals surface area contributed by atoms with E-state index in [0.717, 1.165) is 5.56 Å². The Labute approximate surface area is 118 Å². The van der Waals surface area contributed by atoms with Gasteiger partial charge >= 0.3 is 0 Å². The quantitative estimate of drug-likeness (QED) is 0.884. The lowest BCUT2D eigenvalue weighted by molar-refractivity contribution is -0.121. The van der Waals surface area contributed by atoms with Gasteiger partial charge in [-0.3, -0.25) is 4.79 Å². The Morgan fingerprint density at radius 1 is 1.10 bits per heavy atom. The van der Waals surface area contributed by atoms with E-state index in [4.69, 9.17) is 0 Å². The van der Waals surface area contributed by atoms with Crippen LogP contribution in [0, 0.1) is 5.82 Å². The molecule has 0 bridgehead atoms. The number of carbonyl (C=O) groups is 1. The average molecular weight is 271 g/mol. The molecule has 104 valence electrons. The number of nitrogens with one attached hydrogen (secondary N) is 1. The highest BCUT2D eigenvalue weighted by atomic mass is 19.1. The van der Waals surface area contributed by atoms with Crippen LogP contribution in [0.4, 0.5) is 4.39 Å². The molecule has 1 unspecified atom stereocenters. The van der Waals surface area contributed by atoms with Gasteiger partial charge in [-0.05, 0) is 30.5 Å². The standard InChI is InChI=1S/C17H18FNO/c1-13(14-7-3-2-4-8-14)19-17(20)12-11-15-9-5-6-10-16(15)18/h2-10,13H,11-12H2,1H3,(H,19,20). The van der Waals surface area contributed by atoms with E-state index in [2.05, 4.69) is 5.32 Å². The number of carbonyl (C=O) groups excluding carboxylic acids is 1. The minimum Gasteiger partial charge on any atom is -0.350 e. The third kappa shape index (κ3) is 3.92. The van der Waals surface area contributed by atoms with Crippen molar-refractivity contribution in [1.29, 1.82) is 0 Å². The van der Waals surface area contributed by atoms with E-state index >= 15 is 0 Å². The van der Waals surface area contributed by atoms with E-state index in [1.165, 1.54) is 6.07 Å². The molecule has 0 saturated carbocycles. The van der Waals surface area contributed by atoms with Crippen molar-refractivity contribution in [3.63, 3.8) is 0 Å². The molecule has 0 aliphatic rings. The first-order chi connectivity index (χ1) is 9.66. The minimum atomic E-state index is -0.253. The van der Waals surface area contributed by atoms with Gasteiger partial charge in [0.15, 0.2) is 0 Å². The number of amides is 1. The van der Waals surface area contributed by atoms with Gasteiger partial charge in [0.05, 0.1) is 6.04 Å². The van der Waals surface area contributed by atoms with Crippen molar-refractivity contribution in [1.82, 2.24) is 5.32 Å².